The number of pyridine rings is 1. The minimum atomic E-state index is 0.519. The van der Waals surface area contributed by atoms with Crippen LogP contribution in [0.25, 0.3) is 33.4 Å². The minimum absolute atomic E-state index is 0.519. The van der Waals surface area contributed by atoms with Crippen molar-refractivity contribution < 1.29 is 0 Å². The average Bonchev–Trinajstić information content (AvgIpc) is 2.61. The van der Waals surface area contributed by atoms with E-state index in [1.807, 2.05) is 31.2 Å². The Hall–Kier alpha value is -2.20. The van der Waals surface area contributed by atoms with Gasteiger partial charge in [0.25, 0.3) is 0 Å². The number of benzene rings is 2. The molecule has 0 spiro atoms. The monoisotopic (exact) mass is 399 g/mol. The average molecular weight is 401 g/mol. The summed E-state index contributed by atoms with van der Waals surface area (Å²) in [6, 6.07) is 13.1. The van der Waals surface area contributed by atoms with Crippen LogP contribution in [0.2, 0.25) is 15.1 Å². The normalized spacial score (nSPS) is 11.1. The van der Waals surface area contributed by atoms with Crippen molar-refractivity contribution in [2.45, 2.75) is 6.92 Å². The maximum atomic E-state index is 6.45. The SMILES string of the molecule is Cc1ccc(-c2ncnc3c(-c4c(Cl)cccc4Cl)nccc23)c(Cl)c1. The summed E-state index contributed by atoms with van der Waals surface area (Å²) < 4.78 is 0. The van der Waals surface area contributed by atoms with Gasteiger partial charge in [0.05, 0.1) is 26.5 Å². The van der Waals surface area contributed by atoms with Gasteiger partial charge in [-0.05, 0) is 36.8 Å². The van der Waals surface area contributed by atoms with Crippen LogP contribution in [0.3, 0.4) is 0 Å². The van der Waals surface area contributed by atoms with Crippen LogP contribution < -0.4 is 0 Å². The predicted molar refractivity (Wildman–Crippen MR) is 108 cm³/mol. The lowest BCUT2D eigenvalue weighted by atomic mass is 10.0. The van der Waals surface area contributed by atoms with Crippen molar-refractivity contribution in [1.82, 2.24) is 15.0 Å². The Morgan fingerprint density at radius 1 is 0.769 bits per heavy atom. The fourth-order valence-electron chi connectivity index (χ4n) is 2.92. The Morgan fingerprint density at radius 3 is 2.27 bits per heavy atom. The third-order valence-corrected chi connectivity index (χ3v) is 5.07. The van der Waals surface area contributed by atoms with Crippen LogP contribution in [0.5, 0.6) is 0 Å². The van der Waals surface area contributed by atoms with Crippen LogP contribution in [-0.4, -0.2) is 15.0 Å². The molecule has 2 aromatic carbocycles. The number of rotatable bonds is 2. The van der Waals surface area contributed by atoms with Gasteiger partial charge in [-0.25, -0.2) is 9.97 Å². The first-order valence-electron chi connectivity index (χ1n) is 7.87. The Labute approximate surface area is 165 Å². The first kappa shape index (κ1) is 17.2. The highest BCUT2D eigenvalue weighted by Crippen LogP contribution is 2.38. The number of halogens is 3. The molecule has 0 aliphatic rings. The van der Waals surface area contributed by atoms with Crippen LogP contribution >= 0.6 is 34.8 Å². The highest BCUT2D eigenvalue weighted by Gasteiger charge is 2.17. The van der Waals surface area contributed by atoms with Gasteiger partial charge < -0.3 is 0 Å². The molecule has 4 aromatic rings. The molecule has 0 unspecified atom stereocenters. The highest BCUT2D eigenvalue weighted by molar-refractivity contribution is 6.39. The molecule has 0 N–H and O–H groups in total. The second-order valence-electron chi connectivity index (χ2n) is 5.86. The topological polar surface area (TPSA) is 38.7 Å². The lowest BCUT2D eigenvalue weighted by Crippen LogP contribution is -1.95. The third kappa shape index (κ3) is 2.92. The first-order valence-corrected chi connectivity index (χ1v) is 9.00. The van der Waals surface area contributed by atoms with Crippen molar-refractivity contribution in [1.29, 1.82) is 0 Å². The number of nitrogens with zero attached hydrogens (tertiary/aromatic N) is 3. The lowest BCUT2D eigenvalue weighted by molar-refractivity contribution is 1.21. The molecule has 0 saturated heterocycles. The van der Waals surface area contributed by atoms with Gasteiger partial charge in [-0.3, -0.25) is 4.98 Å². The summed E-state index contributed by atoms with van der Waals surface area (Å²) in [4.78, 5) is 13.4. The van der Waals surface area contributed by atoms with E-state index in [9.17, 15) is 0 Å². The second-order valence-corrected chi connectivity index (χ2v) is 7.08. The van der Waals surface area contributed by atoms with Crippen LogP contribution in [0.1, 0.15) is 5.56 Å². The first-order chi connectivity index (χ1) is 12.6. The molecule has 26 heavy (non-hydrogen) atoms. The molecule has 0 radical (unpaired) electrons. The van der Waals surface area contributed by atoms with E-state index in [4.69, 9.17) is 34.8 Å². The Balaban J connectivity index is 2.03. The van der Waals surface area contributed by atoms with Crippen molar-refractivity contribution in [3.05, 3.63) is 75.6 Å². The summed E-state index contributed by atoms with van der Waals surface area (Å²) in [5.41, 5.74) is 4.61. The predicted octanol–water partition coefficient (Wildman–Crippen LogP) is 6.63. The van der Waals surface area contributed by atoms with E-state index in [1.165, 1.54) is 6.33 Å². The molecule has 3 nitrogen and oxygen atoms in total. The summed E-state index contributed by atoms with van der Waals surface area (Å²) in [6.45, 7) is 2.00. The van der Waals surface area contributed by atoms with Gasteiger partial charge in [-0.15, -0.1) is 0 Å². The van der Waals surface area contributed by atoms with Crippen molar-refractivity contribution in [3.63, 3.8) is 0 Å². The summed E-state index contributed by atoms with van der Waals surface area (Å²) in [6.07, 6.45) is 3.20. The summed E-state index contributed by atoms with van der Waals surface area (Å²) in [7, 11) is 0. The second kappa shape index (κ2) is 6.84. The molecule has 0 fully saturated rings. The number of aromatic nitrogens is 3. The van der Waals surface area contributed by atoms with E-state index >= 15 is 0 Å². The molecule has 2 heterocycles. The number of hydrogen-bond acceptors (Lipinski definition) is 3. The van der Waals surface area contributed by atoms with Gasteiger partial charge in [-0.1, -0.05) is 53.0 Å². The molecule has 2 aromatic heterocycles. The van der Waals surface area contributed by atoms with Gasteiger partial charge in [0.1, 0.15) is 11.8 Å². The molecule has 0 bridgehead atoms. The Morgan fingerprint density at radius 2 is 1.54 bits per heavy atom. The fourth-order valence-corrected chi connectivity index (χ4v) is 3.82. The van der Waals surface area contributed by atoms with Crippen LogP contribution in [0.15, 0.2) is 55.0 Å². The third-order valence-electron chi connectivity index (χ3n) is 4.13. The highest BCUT2D eigenvalue weighted by atomic mass is 35.5. The van der Waals surface area contributed by atoms with Gasteiger partial charge in [0, 0.05) is 22.7 Å². The number of fused-ring (bicyclic) bond motifs is 1. The van der Waals surface area contributed by atoms with E-state index in [0.29, 0.717) is 31.8 Å². The van der Waals surface area contributed by atoms with E-state index in [-0.39, 0.29) is 0 Å². The Kier molecular flexibility index (Phi) is 4.53. The number of aryl methyl sites for hydroxylation is 1. The zero-order chi connectivity index (χ0) is 18.3. The molecule has 0 amide bonds. The lowest BCUT2D eigenvalue weighted by Gasteiger charge is -2.12. The molecule has 6 heteroatoms. The van der Waals surface area contributed by atoms with Gasteiger partial charge >= 0.3 is 0 Å². The van der Waals surface area contributed by atoms with Gasteiger partial charge in [-0.2, -0.15) is 0 Å². The maximum Gasteiger partial charge on any atom is 0.116 e. The van der Waals surface area contributed by atoms with Crippen molar-refractivity contribution in [2.75, 3.05) is 0 Å². The summed E-state index contributed by atoms with van der Waals surface area (Å²) >= 11 is 19.2. The smallest absolute Gasteiger partial charge is 0.116 e. The van der Waals surface area contributed by atoms with E-state index < -0.39 is 0 Å². The zero-order valence-corrected chi connectivity index (χ0v) is 15.9. The fraction of sp³-hybridized carbons (Fsp3) is 0.0500. The van der Waals surface area contributed by atoms with E-state index in [2.05, 4.69) is 15.0 Å². The maximum absolute atomic E-state index is 6.45. The zero-order valence-electron chi connectivity index (χ0n) is 13.7. The quantitative estimate of drug-likeness (QED) is 0.379. The van der Waals surface area contributed by atoms with Crippen molar-refractivity contribution in [2.24, 2.45) is 0 Å². The standard InChI is InChI=1S/C20H12Cl3N3/c1-11-5-6-12(16(23)9-11)18-13-7-8-24-20(19(13)26-10-25-18)17-14(21)3-2-4-15(17)22/h2-10H,1H3. The summed E-state index contributed by atoms with van der Waals surface area (Å²) in [5, 5.41) is 2.51. The minimum Gasteiger partial charge on any atom is -0.254 e. The molecule has 0 aliphatic heterocycles. The van der Waals surface area contributed by atoms with Crippen molar-refractivity contribution in [3.8, 4) is 22.5 Å². The van der Waals surface area contributed by atoms with Gasteiger partial charge in [0.2, 0.25) is 0 Å². The molecule has 0 saturated carbocycles. The molecule has 0 atom stereocenters. The Bertz CT molecular complexity index is 1120. The van der Waals surface area contributed by atoms with E-state index in [0.717, 1.165) is 22.2 Å². The molecular formula is C20H12Cl3N3. The molecule has 0 aliphatic carbocycles. The van der Waals surface area contributed by atoms with E-state index in [1.54, 1.807) is 24.4 Å². The number of hydrogen-bond donors (Lipinski definition) is 0. The van der Waals surface area contributed by atoms with Crippen molar-refractivity contribution >= 4 is 45.7 Å². The van der Waals surface area contributed by atoms with Crippen LogP contribution in [-0.2, 0) is 0 Å². The largest absolute Gasteiger partial charge is 0.254 e. The van der Waals surface area contributed by atoms with Crippen LogP contribution in [0, 0.1) is 6.92 Å². The molecular weight excluding hydrogens is 389 g/mol. The molecule has 4 rings (SSSR count). The van der Waals surface area contributed by atoms with Gasteiger partial charge in [0.15, 0.2) is 0 Å². The summed E-state index contributed by atoms with van der Waals surface area (Å²) in [5.74, 6) is 0. The molecule has 128 valence electrons. The van der Waals surface area contributed by atoms with Crippen LogP contribution in [0.4, 0.5) is 0 Å².